The highest BCUT2D eigenvalue weighted by Gasteiger charge is 2.28. The normalized spacial score (nSPS) is 15.7. The largest absolute Gasteiger partial charge is 0.353 e. The smallest absolute Gasteiger partial charge is 0.322 e. The fraction of sp³-hybridized carbons (Fsp3) is 0.240. The fourth-order valence-corrected chi connectivity index (χ4v) is 3.62. The molecular formula is C25H25N5O. The number of rotatable bonds is 2. The van der Waals surface area contributed by atoms with E-state index in [-0.39, 0.29) is 12.1 Å². The first kappa shape index (κ1) is 20.4. The van der Waals surface area contributed by atoms with Gasteiger partial charge in [0.25, 0.3) is 0 Å². The van der Waals surface area contributed by atoms with Gasteiger partial charge in [0.2, 0.25) is 0 Å². The molecule has 1 N–H and O–H groups in total. The SMILES string of the molecule is Cc1cccc(N2CCN(C(=O)Nc3cccc(C#Cc4ccccn4)c3)C(C)C2)n1. The molecule has 6 nitrogen and oxygen atoms in total. The quantitative estimate of drug-likeness (QED) is 0.649. The summed E-state index contributed by atoms with van der Waals surface area (Å²) in [4.78, 5) is 25.8. The van der Waals surface area contributed by atoms with Crippen LogP contribution in [-0.2, 0) is 0 Å². The van der Waals surface area contributed by atoms with Crippen molar-refractivity contribution < 1.29 is 4.79 Å². The van der Waals surface area contributed by atoms with Crippen LogP contribution in [0.4, 0.5) is 16.3 Å². The Kier molecular flexibility index (Phi) is 6.13. The van der Waals surface area contributed by atoms with E-state index < -0.39 is 0 Å². The number of pyridine rings is 2. The van der Waals surface area contributed by atoms with Crippen molar-refractivity contribution in [1.29, 1.82) is 0 Å². The molecule has 6 heteroatoms. The Labute approximate surface area is 182 Å². The van der Waals surface area contributed by atoms with E-state index in [4.69, 9.17) is 0 Å². The van der Waals surface area contributed by atoms with Crippen molar-refractivity contribution >= 4 is 17.5 Å². The fourth-order valence-electron chi connectivity index (χ4n) is 3.62. The number of aromatic nitrogens is 2. The van der Waals surface area contributed by atoms with Crippen molar-refractivity contribution in [1.82, 2.24) is 14.9 Å². The first-order valence-electron chi connectivity index (χ1n) is 10.4. The van der Waals surface area contributed by atoms with Gasteiger partial charge >= 0.3 is 6.03 Å². The van der Waals surface area contributed by atoms with Crippen LogP contribution in [-0.4, -0.2) is 46.6 Å². The van der Waals surface area contributed by atoms with Crippen LogP contribution >= 0.6 is 0 Å². The lowest BCUT2D eigenvalue weighted by molar-refractivity contribution is 0.184. The minimum Gasteiger partial charge on any atom is -0.353 e. The summed E-state index contributed by atoms with van der Waals surface area (Å²) in [6, 6.07) is 19.2. The van der Waals surface area contributed by atoms with Crippen LogP contribution < -0.4 is 10.2 Å². The summed E-state index contributed by atoms with van der Waals surface area (Å²) < 4.78 is 0. The lowest BCUT2D eigenvalue weighted by Crippen LogP contribution is -2.55. The Morgan fingerprint density at radius 1 is 1.06 bits per heavy atom. The van der Waals surface area contributed by atoms with Gasteiger partial charge in [-0.2, -0.15) is 0 Å². The van der Waals surface area contributed by atoms with Crippen molar-refractivity contribution in [2.75, 3.05) is 29.9 Å². The monoisotopic (exact) mass is 411 g/mol. The topological polar surface area (TPSA) is 61.4 Å². The van der Waals surface area contributed by atoms with Crippen LogP contribution in [0.15, 0.2) is 66.9 Å². The molecule has 2 aromatic heterocycles. The van der Waals surface area contributed by atoms with E-state index in [0.29, 0.717) is 12.2 Å². The number of nitrogens with one attached hydrogen (secondary N) is 1. The van der Waals surface area contributed by atoms with Gasteiger partial charge in [0.15, 0.2) is 0 Å². The zero-order valence-corrected chi connectivity index (χ0v) is 17.7. The van der Waals surface area contributed by atoms with Gasteiger partial charge in [-0.15, -0.1) is 0 Å². The zero-order valence-electron chi connectivity index (χ0n) is 17.7. The number of piperazine rings is 1. The lowest BCUT2D eigenvalue weighted by atomic mass is 10.2. The molecule has 1 atom stereocenters. The second kappa shape index (κ2) is 9.31. The maximum absolute atomic E-state index is 12.9. The number of hydrogen-bond donors (Lipinski definition) is 1. The molecule has 1 saturated heterocycles. The molecule has 0 bridgehead atoms. The third-order valence-electron chi connectivity index (χ3n) is 5.20. The summed E-state index contributed by atoms with van der Waals surface area (Å²) >= 11 is 0. The summed E-state index contributed by atoms with van der Waals surface area (Å²) in [5, 5.41) is 3.01. The summed E-state index contributed by atoms with van der Waals surface area (Å²) in [6.45, 7) is 6.20. The summed E-state index contributed by atoms with van der Waals surface area (Å²) in [7, 11) is 0. The molecule has 0 radical (unpaired) electrons. The Bertz CT molecular complexity index is 1120. The molecule has 0 spiro atoms. The Balaban J connectivity index is 1.39. The molecule has 1 aliphatic heterocycles. The standard InChI is InChI=1S/C25H25N5O/c1-19-7-5-11-24(27-19)29-15-16-30(20(2)18-29)25(31)28-23-10-6-8-21(17-23)12-13-22-9-3-4-14-26-22/h3-11,14,17,20H,15-16,18H2,1-2H3,(H,28,31). The highest BCUT2D eigenvalue weighted by molar-refractivity contribution is 5.90. The molecule has 31 heavy (non-hydrogen) atoms. The van der Waals surface area contributed by atoms with Crippen LogP contribution in [0.2, 0.25) is 0 Å². The highest BCUT2D eigenvalue weighted by Crippen LogP contribution is 2.19. The molecule has 156 valence electrons. The van der Waals surface area contributed by atoms with E-state index >= 15 is 0 Å². The summed E-state index contributed by atoms with van der Waals surface area (Å²) in [6.07, 6.45) is 1.72. The minimum absolute atomic E-state index is 0.0724. The molecule has 3 aromatic rings. The van der Waals surface area contributed by atoms with Crippen molar-refractivity contribution in [3.63, 3.8) is 0 Å². The second-order valence-electron chi connectivity index (χ2n) is 7.60. The Morgan fingerprint density at radius 2 is 1.94 bits per heavy atom. The molecule has 0 saturated carbocycles. The first-order chi connectivity index (χ1) is 15.1. The van der Waals surface area contributed by atoms with Gasteiger partial charge in [-0.25, -0.2) is 14.8 Å². The maximum Gasteiger partial charge on any atom is 0.322 e. The molecule has 1 aromatic carbocycles. The van der Waals surface area contributed by atoms with Gasteiger partial charge in [-0.1, -0.05) is 24.1 Å². The molecule has 4 rings (SSSR count). The van der Waals surface area contributed by atoms with E-state index in [2.05, 4.69) is 38.9 Å². The summed E-state index contributed by atoms with van der Waals surface area (Å²) in [5.74, 6) is 7.10. The predicted octanol–water partition coefficient (Wildman–Crippen LogP) is 3.93. The van der Waals surface area contributed by atoms with E-state index in [9.17, 15) is 4.79 Å². The van der Waals surface area contributed by atoms with Gasteiger partial charge in [0.1, 0.15) is 11.5 Å². The van der Waals surface area contributed by atoms with Gasteiger partial charge in [-0.05, 0) is 62.2 Å². The maximum atomic E-state index is 12.9. The van der Waals surface area contributed by atoms with E-state index in [1.165, 1.54) is 0 Å². The Hall–Kier alpha value is -3.85. The number of urea groups is 1. The molecule has 0 aliphatic carbocycles. The van der Waals surface area contributed by atoms with Crippen molar-refractivity contribution in [3.05, 3.63) is 83.8 Å². The van der Waals surface area contributed by atoms with E-state index in [1.807, 2.05) is 72.5 Å². The van der Waals surface area contributed by atoms with Crippen molar-refractivity contribution in [3.8, 4) is 11.8 Å². The second-order valence-corrected chi connectivity index (χ2v) is 7.60. The average molecular weight is 412 g/mol. The number of amides is 2. The molecule has 2 amide bonds. The zero-order chi connectivity index (χ0) is 21.6. The number of nitrogens with zero attached hydrogens (tertiary/aromatic N) is 4. The number of carbonyl (C=O) groups is 1. The number of benzene rings is 1. The first-order valence-corrected chi connectivity index (χ1v) is 10.4. The predicted molar refractivity (Wildman–Crippen MR) is 123 cm³/mol. The molecular weight excluding hydrogens is 386 g/mol. The van der Waals surface area contributed by atoms with Gasteiger partial charge < -0.3 is 15.1 Å². The molecule has 1 aliphatic rings. The molecule has 1 fully saturated rings. The number of hydrogen-bond acceptors (Lipinski definition) is 4. The third-order valence-corrected chi connectivity index (χ3v) is 5.20. The van der Waals surface area contributed by atoms with Crippen molar-refractivity contribution in [2.45, 2.75) is 19.9 Å². The van der Waals surface area contributed by atoms with Gasteiger partial charge in [0, 0.05) is 48.8 Å². The van der Waals surface area contributed by atoms with Crippen LogP contribution in [0.1, 0.15) is 23.9 Å². The molecule has 3 heterocycles. The van der Waals surface area contributed by atoms with E-state index in [1.54, 1.807) is 6.20 Å². The third kappa shape index (κ3) is 5.20. The van der Waals surface area contributed by atoms with Gasteiger partial charge in [-0.3, -0.25) is 0 Å². The summed E-state index contributed by atoms with van der Waals surface area (Å²) in [5.41, 5.74) is 3.27. The number of aryl methyl sites for hydroxylation is 1. The Morgan fingerprint density at radius 3 is 2.71 bits per heavy atom. The van der Waals surface area contributed by atoms with Crippen LogP contribution in [0, 0.1) is 18.8 Å². The van der Waals surface area contributed by atoms with Gasteiger partial charge in [0.05, 0.1) is 0 Å². The number of carbonyl (C=O) groups excluding carboxylic acids is 1. The molecule has 1 unspecified atom stereocenters. The number of anilines is 2. The average Bonchev–Trinajstić information content (AvgIpc) is 2.78. The van der Waals surface area contributed by atoms with E-state index in [0.717, 1.165) is 35.9 Å². The lowest BCUT2D eigenvalue weighted by Gasteiger charge is -2.40. The van der Waals surface area contributed by atoms with Crippen LogP contribution in [0.5, 0.6) is 0 Å². The minimum atomic E-state index is -0.0980. The van der Waals surface area contributed by atoms with Crippen LogP contribution in [0.3, 0.4) is 0 Å². The highest BCUT2D eigenvalue weighted by atomic mass is 16.2. The van der Waals surface area contributed by atoms with Crippen molar-refractivity contribution in [2.24, 2.45) is 0 Å². The van der Waals surface area contributed by atoms with Crippen LogP contribution in [0.25, 0.3) is 0 Å².